The summed E-state index contributed by atoms with van der Waals surface area (Å²) in [6.07, 6.45) is 0.502. The Morgan fingerprint density at radius 1 is 1.15 bits per heavy atom. The summed E-state index contributed by atoms with van der Waals surface area (Å²) in [5, 5.41) is 11.9. The van der Waals surface area contributed by atoms with Crippen LogP contribution in [-0.4, -0.2) is 47.9 Å². The van der Waals surface area contributed by atoms with E-state index in [2.05, 4.69) is 0 Å². The molecule has 34 heavy (non-hydrogen) atoms. The van der Waals surface area contributed by atoms with Gasteiger partial charge < -0.3 is 23.9 Å². The van der Waals surface area contributed by atoms with E-state index < -0.39 is 29.5 Å². The molecule has 1 aliphatic heterocycles. The van der Waals surface area contributed by atoms with Crippen LogP contribution in [0.15, 0.2) is 64.3 Å². The van der Waals surface area contributed by atoms with E-state index in [1.165, 1.54) is 17.9 Å². The number of methoxy groups -OCH3 is 1. The number of hydrogen-bond acceptors (Lipinski definition) is 7. The number of aliphatic hydroxyl groups is 1. The molecule has 1 unspecified atom stereocenters. The first-order chi connectivity index (χ1) is 16.3. The fourth-order valence-electron chi connectivity index (χ4n) is 3.98. The number of furan rings is 1. The van der Waals surface area contributed by atoms with Crippen LogP contribution in [0.2, 0.25) is 5.02 Å². The average molecular weight is 484 g/mol. The van der Waals surface area contributed by atoms with E-state index in [1.807, 2.05) is 0 Å². The van der Waals surface area contributed by atoms with E-state index in [1.54, 1.807) is 49.6 Å². The maximum Gasteiger partial charge on any atom is 0.308 e. The zero-order valence-electron chi connectivity index (χ0n) is 18.5. The van der Waals surface area contributed by atoms with Crippen LogP contribution >= 0.6 is 11.6 Å². The summed E-state index contributed by atoms with van der Waals surface area (Å²) in [7, 11) is 1.55. The lowest BCUT2D eigenvalue weighted by molar-refractivity contribution is -0.132. The van der Waals surface area contributed by atoms with Crippen molar-refractivity contribution in [3.63, 3.8) is 0 Å². The topological polar surface area (TPSA) is 106 Å². The van der Waals surface area contributed by atoms with Crippen LogP contribution in [0.4, 0.5) is 0 Å². The van der Waals surface area contributed by atoms with Gasteiger partial charge in [-0.2, -0.15) is 0 Å². The summed E-state index contributed by atoms with van der Waals surface area (Å²) in [6.45, 7) is 1.94. The summed E-state index contributed by atoms with van der Waals surface area (Å²) in [4.78, 5) is 39.1. The molecule has 4 rings (SSSR count). The van der Waals surface area contributed by atoms with E-state index in [-0.39, 0.29) is 17.9 Å². The largest absolute Gasteiger partial charge is 0.503 e. The average Bonchev–Trinajstić information content (AvgIpc) is 3.33. The normalized spacial score (nSPS) is 15.9. The second kappa shape index (κ2) is 9.70. The van der Waals surface area contributed by atoms with Crippen molar-refractivity contribution in [2.75, 3.05) is 20.3 Å². The van der Waals surface area contributed by atoms with Gasteiger partial charge in [0.2, 0.25) is 5.78 Å². The summed E-state index contributed by atoms with van der Waals surface area (Å²) in [5.74, 6) is -2.07. The lowest BCUT2D eigenvalue weighted by atomic mass is 9.95. The minimum Gasteiger partial charge on any atom is -0.503 e. The molecule has 2 aromatic carbocycles. The third-order valence-corrected chi connectivity index (χ3v) is 5.69. The molecular formula is C25H22ClNO7. The summed E-state index contributed by atoms with van der Waals surface area (Å²) < 4.78 is 15.9. The van der Waals surface area contributed by atoms with Crippen LogP contribution < -0.4 is 4.74 Å². The number of hydrogen-bond donors (Lipinski definition) is 1. The molecule has 0 saturated heterocycles. The molecule has 9 heteroatoms. The number of esters is 1. The second-order valence-electron chi connectivity index (χ2n) is 7.79. The Balaban J connectivity index is 1.74. The molecule has 0 aliphatic carbocycles. The van der Waals surface area contributed by atoms with Crippen molar-refractivity contribution in [3.05, 3.63) is 76.2 Å². The Labute approximate surface area is 200 Å². The molecule has 1 N–H and O–H groups in total. The Morgan fingerprint density at radius 2 is 1.88 bits per heavy atom. The number of carbonyl (C=O) groups is 3. The van der Waals surface area contributed by atoms with E-state index in [0.29, 0.717) is 40.3 Å². The molecule has 8 nitrogen and oxygen atoms in total. The van der Waals surface area contributed by atoms with Crippen LogP contribution in [0.25, 0.3) is 11.0 Å². The Morgan fingerprint density at radius 3 is 2.56 bits per heavy atom. The molecule has 0 spiro atoms. The number of carbonyl (C=O) groups excluding carboxylic acids is 3. The van der Waals surface area contributed by atoms with Crippen molar-refractivity contribution >= 4 is 40.2 Å². The monoisotopic (exact) mass is 483 g/mol. The van der Waals surface area contributed by atoms with Crippen LogP contribution in [0, 0.1) is 0 Å². The first-order valence-electron chi connectivity index (χ1n) is 10.6. The lowest BCUT2D eigenvalue weighted by Crippen LogP contribution is -2.32. The molecule has 2 heterocycles. The number of ether oxygens (including phenoxy) is 2. The van der Waals surface area contributed by atoms with Gasteiger partial charge in [-0.05, 0) is 48.4 Å². The van der Waals surface area contributed by atoms with E-state index in [0.717, 1.165) is 0 Å². The zero-order valence-corrected chi connectivity index (χ0v) is 19.3. The van der Waals surface area contributed by atoms with E-state index in [9.17, 15) is 19.5 Å². The minimum atomic E-state index is -0.861. The van der Waals surface area contributed by atoms with Gasteiger partial charge in [0.05, 0.1) is 11.6 Å². The Bertz CT molecular complexity index is 1290. The number of fused-ring (bicyclic) bond motifs is 1. The van der Waals surface area contributed by atoms with Gasteiger partial charge in [0.15, 0.2) is 11.5 Å². The predicted molar refractivity (Wildman–Crippen MR) is 124 cm³/mol. The van der Waals surface area contributed by atoms with Gasteiger partial charge in [-0.1, -0.05) is 23.7 Å². The third-order valence-electron chi connectivity index (χ3n) is 5.46. The summed E-state index contributed by atoms with van der Waals surface area (Å²) >= 11 is 6.04. The molecule has 0 fully saturated rings. The third kappa shape index (κ3) is 4.55. The number of amides is 1. The van der Waals surface area contributed by atoms with Gasteiger partial charge >= 0.3 is 5.97 Å². The van der Waals surface area contributed by atoms with Crippen molar-refractivity contribution in [1.82, 2.24) is 4.90 Å². The number of benzene rings is 2. The molecule has 0 bridgehead atoms. The highest BCUT2D eigenvalue weighted by molar-refractivity contribution is 6.31. The zero-order chi connectivity index (χ0) is 24.4. The van der Waals surface area contributed by atoms with Crippen molar-refractivity contribution < 1.29 is 33.4 Å². The number of aliphatic hydroxyl groups excluding tert-OH is 1. The fraction of sp³-hybridized carbons (Fsp3) is 0.240. The van der Waals surface area contributed by atoms with Gasteiger partial charge in [0, 0.05) is 37.6 Å². The standard InChI is InChI=1S/C25H22ClNO7/c1-14(28)33-18-7-4-15(5-8-18)22-21(24(30)25(31)27(22)10-3-11-32-2)23(29)20-13-16-12-17(26)6-9-19(16)34-20/h4-9,12-13,22,30H,3,10-11H2,1-2H3. The van der Waals surface area contributed by atoms with Gasteiger partial charge in [-0.3, -0.25) is 14.4 Å². The molecule has 0 radical (unpaired) electrons. The van der Waals surface area contributed by atoms with Gasteiger partial charge in [-0.25, -0.2) is 0 Å². The molecule has 1 amide bonds. The molecular weight excluding hydrogens is 462 g/mol. The summed E-state index contributed by atoms with van der Waals surface area (Å²) in [6, 6.07) is 12.0. The van der Waals surface area contributed by atoms with Crippen molar-refractivity contribution in [2.45, 2.75) is 19.4 Å². The molecule has 1 aliphatic rings. The molecule has 1 atom stereocenters. The number of rotatable bonds is 8. The number of nitrogens with zero attached hydrogens (tertiary/aromatic N) is 1. The number of Topliss-reactive ketones (excluding diaryl/α,β-unsaturated/α-hetero) is 1. The van der Waals surface area contributed by atoms with Crippen LogP contribution in [-0.2, 0) is 14.3 Å². The van der Waals surface area contributed by atoms with Crippen molar-refractivity contribution in [1.29, 1.82) is 0 Å². The number of halogens is 1. The minimum absolute atomic E-state index is 0.0214. The molecule has 1 aromatic heterocycles. The van der Waals surface area contributed by atoms with Crippen molar-refractivity contribution in [2.24, 2.45) is 0 Å². The van der Waals surface area contributed by atoms with Crippen LogP contribution in [0.1, 0.15) is 35.5 Å². The molecule has 0 saturated carbocycles. The number of ketones is 1. The lowest BCUT2D eigenvalue weighted by Gasteiger charge is -2.26. The summed E-state index contributed by atoms with van der Waals surface area (Å²) in [5.41, 5.74) is 0.928. The SMILES string of the molecule is COCCCN1C(=O)C(O)=C(C(=O)c2cc3cc(Cl)ccc3o2)C1c1ccc(OC(C)=O)cc1. The molecule has 176 valence electrons. The molecule has 3 aromatic rings. The maximum absolute atomic E-state index is 13.5. The van der Waals surface area contributed by atoms with Gasteiger partial charge in [0.1, 0.15) is 11.3 Å². The Hall–Kier alpha value is -3.62. The highest BCUT2D eigenvalue weighted by atomic mass is 35.5. The predicted octanol–water partition coefficient (Wildman–Crippen LogP) is 4.63. The van der Waals surface area contributed by atoms with Crippen LogP contribution in [0.5, 0.6) is 5.75 Å². The Kier molecular flexibility index (Phi) is 6.72. The highest BCUT2D eigenvalue weighted by Crippen LogP contribution is 2.40. The maximum atomic E-state index is 13.5. The van der Waals surface area contributed by atoms with Crippen molar-refractivity contribution in [3.8, 4) is 5.75 Å². The van der Waals surface area contributed by atoms with Crippen LogP contribution in [0.3, 0.4) is 0 Å². The van der Waals surface area contributed by atoms with Gasteiger partial charge in [0.25, 0.3) is 5.91 Å². The van der Waals surface area contributed by atoms with E-state index >= 15 is 0 Å². The first kappa shape index (κ1) is 23.5. The van der Waals surface area contributed by atoms with Gasteiger partial charge in [-0.15, -0.1) is 0 Å². The smallest absolute Gasteiger partial charge is 0.308 e. The second-order valence-corrected chi connectivity index (χ2v) is 8.23. The fourth-order valence-corrected chi connectivity index (χ4v) is 4.17. The highest BCUT2D eigenvalue weighted by Gasteiger charge is 2.44. The first-order valence-corrected chi connectivity index (χ1v) is 10.9. The quantitative estimate of drug-likeness (QED) is 0.215. The van der Waals surface area contributed by atoms with E-state index in [4.69, 9.17) is 25.5 Å².